The lowest BCUT2D eigenvalue weighted by atomic mass is 10.1. The zero-order valence-electron chi connectivity index (χ0n) is 19.8. The Kier molecular flexibility index (Phi) is 7.42. The number of nitriles is 1. The van der Waals surface area contributed by atoms with Crippen molar-refractivity contribution in [2.45, 2.75) is 19.1 Å². The predicted octanol–water partition coefficient (Wildman–Crippen LogP) is 2.74. The maximum atomic E-state index is 13.9. The van der Waals surface area contributed by atoms with Crippen LogP contribution in [-0.2, 0) is 22.8 Å². The van der Waals surface area contributed by atoms with Gasteiger partial charge in [-0.05, 0) is 31.2 Å². The number of alkyl halides is 3. The zero-order chi connectivity index (χ0) is 25.9. The maximum absolute atomic E-state index is 13.9. The van der Waals surface area contributed by atoms with E-state index in [1.165, 1.54) is 18.5 Å². The number of carbonyl (C=O) groups excluding carboxylic acids is 1. The third-order valence-corrected chi connectivity index (χ3v) is 6.03. The van der Waals surface area contributed by atoms with Gasteiger partial charge < -0.3 is 19.4 Å². The molecule has 1 fully saturated rings. The van der Waals surface area contributed by atoms with Crippen molar-refractivity contribution in [3.63, 3.8) is 0 Å². The molecule has 12 heteroatoms. The van der Waals surface area contributed by atoms with Crippen molar-refractivity contribution in [2.75, 3.05) is 39.5 Å². The number of nitrogens with zero attached hydrogens (tertiary/aromatic N) is 5. The van der Waals surface area contributed by atoms with Gasteiger partial charge in [0.15, 0.2) is 5.69 Å². The number of aromatic nitrogens is 3. The second-order valence-corrected chi connectivity index (χ2v) is 8.36. The van der Waals surface area contributed by atoms with E-state index in [1.807, 2.05) is 11.0 Å². The highest BCUT2D eigenvalue weighted by atomic mass is 19.4. The molecule has 1 amide bonds. The molecule has 0 aliphatic carbocycles. The number of hydrogen-bond donors (Lipinski definition) is 1. The second kappa shape index (κ2) is 10.5. The minimum Gasteiger partial charge on any atom is -0.491 e. The Morgan fingerprint density at radius 3 is 2.75 bits per heavy atom. The molecule has 0 spiro atoms. The number of hydrogen-bond acceptors (Lipinski definition) is 7. The molecule has 1 aliphatic rings. The Morgan fingerprint density at radius 1 is 1.31 bits per heavy atom. The van der Waals surface area contributed by atoms with Crippen LogP contribution >= 0.6 is 0 Å². The first-order valence-electron chi connectivity index (χ1n) is 11.3. The second-order valence-electron chi connectivity index (χ2n) is 8.36. The van der Waals surface area contributed by atoms with E-state index < -0.39 is 11.7 Å². The zero-order valence-corrected chi connectivity index (χ0v) is 19.8. The fourth-order valence-electron chi connectivity index (χ4n) is 4.00. The van der Waals surface area contributed by atoms with Gasteiger partial charge in [-0.1, -0.05) is 0 Å². The summed E-state index contributed by atoms with van der Waals surface area (Å²) >= 11 is 0. The number of aryl methyl sites for hydroxylation is 1. The van der Waals surface area contributed by atoms with Crippen LogP contribution in [0.15, 0.2) is 30.6 Å². The predicted molar refractivity (Wildman–Crippen MR) is 124 cm³/mol. The van der Waals surface area contributed by atoms with E-state index in [2.05, 4.69) is 15.3 Å². The van der Waals surface area contributed by atoms with Crippen LogP contribution in [0.2, 0.25) is 0 Å². The number of benzene rings is 1. The molecule has 1 aliphatic heterocycles. The van der Waals surface area contributed by atoms with Crippen LogP contribution in [0, 0.1) is 11.3 Å². The SMILES string of the molecule is CC(C(=O)NCCOc1ccc(-c2cc3c(ncn3C)c(C#N)n2)cc1C(F)(F)F)N1CCOCC1. The van der Waals surface area contributed by atoms with Gasteiger partial charge in [0.05, 0.1) is 48.9 Å². The molecule has 1 saturated heterocycles. The molecule has 1 N–H and O–H groups in total. The number of nitrogens with one attached hydrogen (secondary N) is 1. The highest BCUT2D eigenvalue weighted by Gasteiger charge is 2.35. The first kappa shape index (κ1) is 25.4. The maximum Gasteiger partial charge on any atom is 0.419 e. The summed E-state index contributed by atoms with van der Waals surface area (Å²) < 4.78 is 53.9. The van der Waals surface area contributed by atoms with Crippen molar-refractivity contribution in [1.82, 2.24) is 24.8 Å². The Bertz CT molecular complexity index is 1290. The van der Waals surface area contributed by atoms with E-state index in [-0.39, 0.29) is 47.8 Å². The lowest BCUT2D eigenvalue weighted by Gasteiger charge is -2.31. The molecule has 0 radical (unpaired) electrons. The first-order valence-corrected chi connectivity index (χ1v) is 11.3. The van der Waals surface area contributed by atoms with Gasteiger partial charge in [0, 0.05) is 25.7 Å². The number of rotatable bonds is 7. The van der Waals surface area contributed by atoms with E-state index in [0.717, 1.165) is 6.07 Å². The van der Waals surface area contributed by atoms with Gasteiger partial charge in [0.1, 0.15) is 23.9 Å². The van der Waals surface area contributed by atoms with Crippen molar-refractivity contribution in [2.24, 2.45) is 7.05 Å². The number of fused-ring (bicyclic) bond motifs is 1. The fraction of sp³-hybridized carbons (Fsp3) is 0.417. The summed E-state index contributed by atoms with van der Waals surface area (Å²) in [6.45, 7) is 4.09. The number of amides is 1. The van der Waals surface area contributed by atoms with Crippen LogP contribution < -0.4 is 10.1 Å². The third-order valence-electron chi connectivity index (χ3n) is 6.03. The molecule has 1 aromatic carbocycles. The van der Waals surface area contributed by atoms with Gasteiger partial charge in [-0.2, -0.15) is 18.4 Å². The van der Waals surface area contributed by atoms with Crippen LogP contribution in [-0.4, -0.2) is 70.8 Å². The molecule has 3 aromatic rings. The van der Waals surface area contributed by atoms with Crippen LogP contribution in [0.4, 0.5) is 13.2 Å². The van der Waals surface area contributed by atoms with Gasteiger partial charge in [-0.25, -0.2) is 9.97 Å². The Balaban J connectivity index is 1.48. The summed E-state index contributed by atoms with van der Waals surface area (Å²) in [6.07, 6.45) is -3.18. The molecule has 0 bridgehead atoms. The average molecular weight is 502 g/mol. The molecule has 4 rings (SSSR count). The monoisotopic (exact) mass is 502 g/mol. The fourth-order valence-corrected chi connectivity index (χ4v) is 4.00. The normalized spacial score (nSPS) is 15.4. The summed E-state index contributed by atoms with van der Waals surface area (Å²) in [7, 11) is 1.72. The van der Waals surface area contributed by atoms with Gasteiger partial charge >= 0.3 is 6.18 Å². The lowest BCUT2D eigenvalue weighted by molar-refractivity contribution is -0.139. The highest BCUT2D eigenvalue weighted by Crippen LogP contribution is 2.39. The molecule has 9 nitrogen and oxygen atoms in total. The van der Waals surface area contributed by atoms with Crippen LogP contribution in [0.3, 0.4) is 0 Å². The van der Waals surface area contributed by atoms with E-state index in [9.17, 15) is 23.2 Å². The number of morpholine rings is 1. The molecule has 2 aromatic heterocycles. The van der Waals surface area contributed by atoms with Crippen LogP contribution in [0.5, 0.6) is 5.75 Å². The first-order chi connectivity index (χ1) is 17.2. The smallest absolute Gasteiger partial charge is 0.419 e. The standard InChI is InChI=1S/C24H25F3N6O3/c1-15(33-6-9-35-10-7-33)23(34)29-5-8-36-21-4-3-16(11-17(21)24(25,26)27)18-12-20-22(19(13-28)31-18)30-14-32(20)2/h3-4,11-12,14-15H,5-10H2,1-2H3,(H,29,34). The summed E-state index contributed by atoms with van der Waals surface area (Å²) in [4.78, 5) is 22.7. The largest absolute Gasteiger partial charge is 0.491 e. The van der Waals surface area contributed by atoms with E-state index in [4.69, 9.17) is 9.47 Å². The molecule has 36 heavy (non-hydrogen) atoms. The Labute approximate surface area is 205 Å². The average Bonchev–Trinajstić information content (AvgIpc) is 3.26. The van der Waals surface area contributed by atoms with Crippen LogP contribution in [0.1, 0.15) is 18.2 Å². The third kappa shape index (κ3) is 5.42. The Morgan fingerprint density at radius 2 is 2.06 bits per heavy atom. The number of pyridine rings is 1. The van der Waals surface area contributed by atoms with Gasteiger partial charge in [0.2, 0.25) is 5.91 Å². The molecular weight excluding hydrogens is 477 g/mol. The topological polar surface area (TPSA) is 105 Å². The Hall–Kier alpha value is -3.69. The summed E-state index contributed by atoms with van der Waals surface area (Å²) in [5, 5.41) is 12.1. The van der Waals surface area contributed by atoms with Crippen LogP contribution in [0.25, 0.3) is 22.3 Å². The van der Waals surface area contributed by atoms with Crippen molar-refractivity contribution in [1.29, 1.82) is 5.26 Å². The molecular formula is C24H25F3N6O3. The summed E-state index contributed by atoms with van der Waals surface area (Å²) in [5.41, 5.74) is 0.403. The molecule has 1 atom stereocenters. The molecule has 3 heterocycles. The van der Waals surface area contributed by atoms with Gasteiger partial charge in [-0.3, -0.25) is 9.69 Å². The van der Waals surface area contributed by atoms with E-state index >= 15 is 0 Å². The molecule has 1 unspecified atom stereocenters. The highest BCUT2D eigenvalue weighted by molar-refractivity contribution is 5.84. The number of ether oxygens (including phenoxy) is 2. The van der Waals surface area contributed by atoms with Crippen molar-refractivity contribution < 1.29 is 27.4 Å². The van der Waals surface area contributed by atoms with Crippen molar-refractivity contribution >= 4 is 16.9 Å². The van der Waals surface area contributed by atoms with Gasteiger partial charge in [-0.15, -0.1) is 0 Å². The lowest BCUT2D eigenvalue weighted by Crippen LogP contribution is -2.50. The minimum atomic E-state index is -4.69. The quantitative estimate of drug-likeness (QED) is 0.496. The van der Waals surface area contributed by atoms with E-state index in [0.29, 0.717) is 37.3 Å². The van der Waals surface area contributed by atoms with Crippen molar-refractivity contribution in [3.05, 3.63) is 41.9 Å². The number of imidazole rings is 1. The molecule has 190 valence electrons. The van der Waals surface area contributed by atoms with Crippen molar-refractivity contribution in [3.8, 4) is 23.1 Å². The number of halogens is 3. The number of carbonyl (C=O) groups is 1. The molecule has 0 saturated carbocycles. The summed E-state index contributed by atoms with van der Waals surface area (Å²) in [5.74, 6) is -0.583. The minimum absolute atomic E-state index is 0.0269. The van der Waals surface area contributed by atoms with E-state index in [1.54, 1.807) is 24.6 Å². The van der Waals surface area contributed by atoms with Gasteiger partial charge in [0.25, 0.3) is 0 Å². The summed E-state index contributed by atoms with van der Waals surface area (Å²) in [6, 6.07) is 6.78.